The molecule has 3 heteroatoms. The van der Waals surface area contributed by atoms with Crippen molar-refractivity contribution in [2.45, 2.75) is 20.0 Å². The van der Waals surface area contributed by atoms with E-state index in [0.29, 0.717) is 19.1 Å². The summed E-state index contributed by atoms with van der Waals surface area (Å²) in [5.74, 6) is 0.264. The lowest BCUT2D eigenvalue weighted by atomic mass is 10.1. The van der Waals surface area contributed by atoms with Crippen molar-refractivity contribution in [2.75, 3.05) is 20.2 Å². The molecule has 0 spiro atoms. The fourth-order valence-electron chi connectivity index (χ4n) is 1.47. The highest BCUT2D eigenvalue weighted by Gasteiger charge is 2.12. The first-order valence-electron chi connectivity index (χ1n) is 5.65. The number of nitrogens with one attached hydrogen (secondary N) is 1. The third kappa shape index (κ3) is 4.29. The van der Waals surface area contributed by atoms with E-state index >= 15 is 0 Å². The molecule has 0 saturated heterocycles. The third-order valence-electron chi connectivity index (χ3n) is 2.24. The molecule has 1 N–H and O–H groups in total. The Morgan fingerprint density at radius 3 is 2.69 bits per heavy atom. The zero-order valence-electron chi connectivity index (χ0n) is 10.2. The summed E-state index contributed by atoms with van der Waals surface area (Å²) < 4.78 is 18.8. The highest BCUT2D eigenvalue weighted by molar-refractivity contribution is 5.19. The first-order valence-corrected chi connectivity index (χ1v) is 5.65. The first-order chi connectivity index (χ1) is 7.63. The van der Waals surface area contributed by atoms with Crippen LogP contribution >= 0.6 is 0 Å². The summed E-state index contributed by atoms with van der Waals surface area (Å²) in [6.07, 6.45) is -0.0805. The van der Waals surface area contributed by atoms with Gasteiger partial charge in [0, 0.05) is 13.2 Å². The number of likely N-dealkylation sites (N-methyl/N-ethyl adjacent to an activating group) is 1. The van der Waals surface area contributed by atoms with Gasteiger partial charge in [0.25, 0.3) is 0 Å². The van der Waals surface area contributed by atoms with Crippen molar-refractivity contribution in [3.8, 4) is 0 Å². The van der Waals surface area contributed by atoms with Gasteiger partial charge in [0.15, 0.2) is 0 Å². The van der Waals surface area contributed by atoms with Crippen LogP contribution in [0.2, 0.25) is 0 Å². The maximum Gasteiger partial charge on any atom is 0.123 e. The lowest BCUT2D eigenvalue weighted by Crippen LogP contribution is -2.21. The lowest BCUT2D eigenvalue weighted by Gasteiger charge is -2.19. The van der Waals surface area contributed by atoms with Crippen LogP contribution < -0.4 is 5.32 Å². The standard InChI is InChI=1S/C13H20FNO/c1-10(2)9-16-13(8-15-3)11-5-4-6-12(14)7-11/h4-7,10,13,15H,8-9H2,1-3H3. The second-order valence-electron chi connectivity index (χ2n) is 4.33. The van der Waals surface area contributed by atoms with Crippen molar-refractivity contribution >= 4 is 0 Å². The summed E-state index contributed by atoms with van der Waals surface area (Å²) >= 11 is 0. The molecule has 1 atom stereocenters. The molecule has 0 aliphatic carbocycles. The van der Waals surface area contributed by atoms with E-state index in [-0.39, 0.29) is 11.9 Å². The minimum absolute atomic E-state index is 0.0805. The summed E-state index contributed by atoms with van der Waals surface area (Å²) in [6.45, 7) is 5.57. The van der Waals surface area contributed by atoms with Crippen LogP contribution in [0.3, 0.4) is 0 Å². The number of benzene rings is 1. The molecule has 0 aromatic heterocycles. The first kappa shape index (κ1) is 13.1. The molecule has 0 radical (unpaired) electrons. The average Bonchev–Trinajstić information content (AvgIpc) is 2.24. The second kappa shape index (κ2) is 6.61. The van der Waals surface area contributed by atoms with Crippen LogP contribution in [0.25, 0.3) is 0 Å². The fourth-order valence-corrected chi connectivity index (χ4v) is 1.47. The molecule has 1 rings (SSSR count). The molecule has 0 bridgehead atoms. The predicted octanol–water partition coefficient (Wildman–Crippen LogP) is 2.76. The Hall–Kier alpha value is -0.930. The molecule has 90 valence electrons. The van der Waals surface area contributed by atoms with Crippen LogP contribution in [0, 0.1) is 11.7 Å². The van der Waals surface area contributed by atoms with Crippen molar-refractivity contribution in [2.24, 2.45) is 5.92 Å². The van der Waals surface area contributed by atoms with Crippen LogP contribution in [0.1, 0.15) is 25.5 Å². The number of hydrogen-bond donors (Lipinski definition) is 1. The van der Waals surface area contributed by atoms with Crippen LogP contribution in [0.5, 0.6) is 0 Å². The Bertz CT molecular complexity index is 315. The van der Waals surface area contributed by atoms with Crippen molar-refractivity contribution in [3.63, 3.8) is 0 Å². The summed E-state index contributed by atoms with van der Waals surface area (Å²) in [7, 11) is 1.87. The largest absolute Gasteiger partial charge is 0.372 e. The minimum Gasteiger partial charge on any atom is -0.372 e. The zero-order chi connectivity index (χ0) is 12.0. The van der Waals surface area contributed by atoms with Gasteiger partial charge in [-0.2, -0.15) is 0 Å². The fraction of sp³-hybridized carbons (Fsp3) is 0.538. The highest BCUT2D eigenvalue weighted by Crippen LogP contribution is 2.18. The van der Waals surface area contributed by atoms with Gasteiger partial charge in [-0.25, -0.2) is 4.39 Å². The lowest BCUT2D eigenvalue weighted by molar-refractivity contribution is 0.0361. The molecule has 1 unspecified atom stereocenters. The van der Waals surface area contributed by atoms with Gasteiger partial charge in [0.05, 0.1) is 6.10 Å². The summed E-state index contributed by atoms with van der Waals surface area (Å²) in [4.78, 5) is 0. The second-order valence-corrected chi connectivity index (χ2v) is 4.33. The van der Waals surface area contributed by atoms with Crippen molar-refractivity contribution in [1.29, 1.82) is 0 Å². The van der Waals surface area contributed by atoms with Crippen molar-refractivity contribution in [3.05, 3.63) is 35.6 Å². The molecule has 2 nitrogen and oxygen atoms in total. The maximum atomic E-state index is 13.1. The number of rotatable bonds is 6. The Labute approximate surface area is 96.8 Å². The Morgan fingerprint density at radius 2 is 2.12 bits per heavy atom. The summed E-state index contributed by atoms with van der Waals surface area (Å²) in [5, 5.41) is 3.06. The molecular weight excluding hydrogens is 205 g/mol. The predicted molar refractivity (Wildman–Crippen MR) is 63.9 cm³/mol. The van der Waals surface area contributed by atoms with Crippen LogP contribution in [-0.4, -0.2) is 20.2 Å². The molecule has 1 aromatic carbocycles. The van der Waals surface area contributed by atoms with E-state index in [9.17, 15) is 4.39 Å². The molecule has 0 heterocycles. The van der Waals surface area contributed by atoms with E-state index in [4.69, 9.17) is 4.74 Å². The zero-order valence-corrected chi connectivity index (χ0v) is 10.2. The van der Waals surface area contributed by atoms with E-state index in [0.717, 1.165) is 5.56 Å². The van der Waals surface area contributed by atoms with Crippen molar-refractivity contribution < 1.29 is 9.13 Å². The van der Waals surface area contributed by atoms with Gasteiger partial charge in [-0.05, 0) is 30.7 Å². The third-order valence-corrected chi connectivity index (χ3v) is 2.24. The van der Waals surface area contributed by atoms with Gasteiger partial charge >= 0.3 is 0 Å². The molecule has 0 amide bonds. The van der Waals surface area contributed by atoms with Gasteiger partial charge < -0.3 is 10.1 Å². The Balaban J connectivity index is 2.68. The number of ether oxygens (including phenoxy) is 1. The average molecular weight is 225 g/mol. The van der Waals surface area contributed by atoms with E-state index in [1.807, 2.05) is 13.1 Å². The summed E-state index contributed by atoms with van der Waals surface area (Å²) in [6, 6.07) is 6.59. The van der Waals surface area contributed by atoms with Crippen LogP contribution in [0.4, 0.5) is 4.39 Å². The highest BCUT2D eigenvalue weighted by atomic mass is 19.1. The maximum absolute atomic E-state index is 13.1. The van der Waals surface area contributed by atoms with Gasteiger partial charge in [-0.1, -0.05) is 26.0 Å². The van der Waals surface area contributed by atoms with E-state index in [1.165, 1.54) is 12.1 Å². The Morgan fingerprint density at radius 1 is 1.38 bits per heavy atom. The topological polar surface area (TPSA) is 21.3 Å². The van der Waals surface area contributed by atoms with E-state index in [2.05, 4.69) is 19.2 Å². The van der Waals surface area contributed by atoms with Gasteiger partial charge in [-0.3, -0.25) is 0 Å². The quantitative estimate of drug-likeness (QED) is 0.803. The molecule has 0 aliphatic heterocycles. The number of halogens is 1. The van der Waals surface area contributed by atoms with Crippen LogP contribution in [0.15, 0.2) is 24.3 Å². The van der Waals surface area contributed by atoms with Crippen molar-refractivity contribution in [1.82, 2.24) is 5.32 Å². The molecule has 0 fully saturated rings. The monoisotopic (exact) mass is 225 g/mol. The molecule has 1 aromatic rings. The van der Waals surface area contributed by atoms with Crippen LogP contribution in [-0.2, 0) is 4.74 Å². The van der Waals surface area contributed by atoms with E-state index < -0.39 is 0 Å². The Kier molecular flexibility index (Phi) is 5.43. The molecule has 16 heavy (non-hydrogen) atoms. The SMILES string of the molecule is CNCC(OCC(C)C)c1cccc(F)c1. The summed E-state index contributed by atoms with van der Waals surface area (Å²) in [5.41, 5.74) is 0.884. The molecule has 0 aliphatic rings. The molecule has 0 saturated carbocycles. The number of hydrogen-bond acceptors (Lipinski definition) is 2. The smallest absolute Gasteiger partial charge is 0.123 e. The van der Waals surface area contributed by atoms with Gasteiger partial charge in [-0.15, -0.1) is 0 Å². The molecular formula is C13H20FNO. The van der Waals surface area contributed by atoms with Gasteiger partial charge in [0.1, 0.15) is 5.82 Å². The normalized spacial score (nSPS) is 13.1. The minimum atomic E-state index is -0.216. The van der Waals surface area contributed by atoms with E-state index in [1.54, 1.807) is 6.07 Å². The van der Waals surface area contributed by atoms with Gasteiger partial charge in [0.2, 0.25) is 0 Å².